The van der Waals surface area contributed by atoms with Gasteiger partial charge in [-0.2, -0.15) is 0 Å². The van der Waals surface area contributed by atoms with Crippen molar-refractivity contribution in [3.63, 3.8) is 0 Å². The first kappa shape index (κ1) is 17.8. The summed E-state index contributed by atoms with van der Waals surface area (Å²) in [5, 5.41) is 8.29. The number of primary sulfonamides is 1. The van der Waals surface area contributed by atoms with Crippen LogP contribution >= 0.6 is 24.2 Å². The minimum atomic E-state index is -3.69. The average molecular weight is 345 g/mol. The zero-order valence-electron chi connectivity index (χ0n) is 11.2. The van der Waals surface area contributed by atoms with E-state index in [2.05, 4.69) is 5.32 Å². The van der Waals surface area contributed by atoms with Gasteiger partial charge in [0.25, 0.3) is 0 Å². The van der Waals surface area contributed by atoms with Crippen LogP contribution in [0.2, 0.25) is 0 Å². The van der Waals surface area contributed by atoms with Crippen LogP contribution in [0.1, 0.15) is 0 Å². The van der Waals surface area contributed by atoms with Crippen LogP contribution < -0.4 is 10.5 Å². The van der Waals surface area contributed by atoms with Gasteiger partial charge in [0.2, 0.25) is 10.0 Å². The first-order valence-corrected chi connectivity index (χ1v) is 8.64. The van der Waals surface area contributed by atoms with Crippen LogP contribution in [0.15, 0.2) is 64.4 Å². The zero-order chi connectivity index (χ0) is 14.4. The molecule has 0 spiro atoms. The maximum Gasteiger partial charge on any atom is 0.240 e. The fourth-order valence-corrected chi connectivity index (χ4v) is 3.24. The Morgan fingerprint density at radius 3 is 2.29 bits per heavy atom. The minimum Gasteiger partial charge on any atom is -0.383 e. The number of nitrogens with one attached hydrogen (secondary N) is 1. The number of sulfonamides is 1. The molecule has 0 aliphatic carbocycles. The lowest BCUT2D eigenvalue weighted by Crippen LogP contribution is -2.15. The van der Waals surface area contributed by atoms with Crippen LogP contribution in [-0.2, 0) is 10.0 Å². The molecule has 2 rings (SSSR count). The van der Waals surface area contributed by atoms with Gasteiger partial charge in [-0.05, 0) is 24.3 Å². The molecule has 7 heteroatoms. The summed E-state index contributed by atoms with van der Waals surface area (Å²) in [6, 6.07) is 16.7. The quantitative estimate of drug-likeness (QED) is 0.624. The molecule has 0 aromatic heterocycles. The van der Waals surface area contributed by atoms with Crippen molar-refractivity contribution in [3.05, 3.63) is 54.6 Å². The zero-order valence-corrected chi connectivity index (χ0v) is 13.7. The first-order chi connectivity index (χ1) is 9.57. The normalized spacial score (nSPS) is 10.7. The lowest BCUT2D eigenvalue weighted by Gasteiger charge is -2.10. The molecule has 21 heavy (non-hydrogen) atoms. The van der Waals surface area contributed by atoms with Crippen molar-refractivity contribution in [2.45, 2.75) is 9.79 Å². The van der Waals surface area contributed by atoms with Crippen LogP contribution in [0.4, 0.5) is 5.69 Å². The van der Waals surface area contributed by atoms with Crippen LogP contribution in [0.3, 0.4) is 0 Å². The van der Waals surface area contributed by atoms with Gasteiger partial charge in [-0.3, -0.25) is 0 Å². The van der Waals surface area contributed by atoms with Gasteiger partial charge in [0.05, 0.1) is 5.69 Å². The van der Waals surface area contributed by atoms with Crippen molar-refractivity contribution in [2.75, 3.05) is 17.6 Å². The van der Waals surface area contributed by atoms with Gasteiger partial charge < -0.3 is 5.32 Å². The fourth-order valence-electron chi connectivity index (χ4n) is 1.73. The molecule has 0 atom stereocenters. The number of rotatable bonds is 6. The lowest BCUT2D eigenvalue weighted by molar-refractivity contribution is 0.598. The predicted octanol–water partition coefficient (Wildman–Crippen LogP) is 2.96. The Balaban J connectivity index is 0.00000220. The van der Waals surface area contributed by atoms with Crippen LogP contribution in [0.25, 0.3) is 0 Å². The predicted molar refractivity (Wildman–Crippen MR) is 90.7 cm³/mol. The van der Waals surface area contributed by atoms with E-state index in [0.29, 0.717) is 12.2 Å². The van der Waals surface area contributed by atoms with E-state index >= 15 is 0 Å². The lowest BCUT2D eigenvalue weighted by atomic mass is 10.3. The smallest absolute Gasteiger partial charge is 0.240 e. The number of thioether (sulfide) groups is 1. The second kappa shape index (κ2) is 8.29. The highest BCUT2D eigenvalue weighted by Crippen LogP contribution is 2.20. The van der Waals surface area contributed by atoms with Gasteiger partial charge in [0.1, 0.15) is 4.90 Å². The second-order valence-corrected chi connectivity index (χ2v) is 6.83. The van der Waals surface area contributed by atoms with E-state index < -0.39 is 10.0 Å². The van der Waals surface area contributed by atoms with Gasteiger partial charge in [-0.1, -0.05) is 30.3 Å². The van der Waals surface area contributed by atoms with Crippen LogP contribution in [0, 0.1) is 0 Å². The topological polar surface area (TPSA) is 72.2 Å². The molecule has 0 unspecified atom stereocenters. The highest BCUT2D eigenvalue weighted by atomic mass is 35.5. The third-order valence-corrected chi connectivity index (χ3v) is 4.61. The highest BCUT2D eigenvalue weighted by molar-refractivity contribution is 7.99. The van der Waals surface area contributed by atoms with Gasteiger partial charge in [0.15, 0.2) is 0 Å². The van der Waals surface area contributed by atoms with E-state index in [1.807, 2.05) is 30.3 Å². The summed E-state index contributed by atoms with van der Waals surface area (Å²) in [6.07, 6.45) is 0. The Morgan fingerprint density at radius 2 is 1.62 bits per heavy atom. The minimum absolute atomic E-state index is 0. The number of benzene rings is 2. The molecule has 2 aromatic rings. The summed E-state index contributed by atoms with van der Waals surface area (Å²) >= 11 is 1.71. The molecule has 0 aliphatic rings. The number of hydrogen-bond acceptors (Lipinski definition) is 4. The number of anilines is 1. The van der Waals surface area contributed by atoms with Gasteiger partial charge in [-0.25, -0.2) is 13.6 Å². The molecular weight excluding hydrogens is 328 g/mol. The molecule has 0 heterocycles. The number of hydrogen-bond donors (Lipinski definition) is 2. The van der Waals surface area contributed by atoms with E-state index in [-0.39, 0.29) is 17.3 Å². The Kier molecular flexibility index (Phi) is 7.04. The number of nitrogens with two attached hydrogens (primary N) is 1. The maximum atomic E-state index is 11.4. The van der Waals surface area contributed by atoms with E-state index in [1.54, 1.807) is 30.0 Å². The molecule has 0 radical (unpaired) electrons. The summed E-state index contributed by atoms with van der Waals surface area (Å²) in [7, 11) is -3.69. The Hall–Kier alpha value is -1.21. The van der Waals surface area contributed by atoms with E-state index in [1.165, 1.54) is 11.0 Å². The van der Waals surface area contributed by atoms with Crippen molar-refractivity contribution in [1.29, 1.82) is 0 Å². The SMILES string of the molecule is Cl.NS(=O)(=O)c1ccccc1NCCSc1ccccc1. The third-order valence-electron chi connectivity index (χ3n) is 2.62. The first-order valence-electron chi connectivity index (χ1n) is 6.11. The van der Waals surface area contributed by atoms with E-state index in [0.717, 1.165) is 5.75 Å². The average Bonchev–Trinajstić information content (AvgIpc) is 2.44. The summed E-state index contributed by atoms with van der Waals surface area (Å²) in [6.45, 7) is 0.659. The van der Waals surface area contributed by atoms with Crippen molar-refractivity contribution < 1.29 is 8.42 Å². The molecule has 0 saturated carbocycles. The monoisotopic (exact) mass is 344 g/mol. The standard InChI is InChI=1S/C14H16N2O2S2.ClH/c15-20(17,18)14-9-5-4-8-13(14)16-10-11-19-12-6-2-1-3-7-12;/h1-9,16H,10-11H2,(H2,15,17,18);1H. The molecule has 4 nitrogen and oxygen atoms in total. The molecule has 0 aliphatic heterocycles. The third kappa shape index (κ3) is 5.59. The Bertz CT molecular complexity index is 664. The highest BCUT2D eigenvalue weighted by Gasteiger charge is 2.12. The van der Waals surface area contributed by atoms with Crippen molar-refractivity contribution in [3.8, 4) is 0 Å². The maximum absolute atomic E-state index is 11.4. The second-order valence-electron chi connectivity index (χ2n) is 4.13. The number of para-hydroxylation sites is 1. The molecular formula is C14H17ClN2O2S2. The molecule has 0 bridgehead atoms. The molecule has 2 aromatic carbocycles. The van der Waals surface area contributed by atoms with Gasteiger partial charge in [-0.15, -0.1) is 24.2 Å². The largest absolute Gasteiger partial charge is 0.383 e. The van der Waals surface area contributed by atoms with Gasteiger partial charge >= 0.3 is 0 Å². The van der Waals surface area contributed by atoms with Crippen LogP contribution in [-0.4, -0.2) is 20.7 Å². The molecule has 0 amide bonds. The van der Waals surface area contributed by atoms with Crippen molar-refractivity contribution in [1.82, 2.24) is 0 Å². The summed E-state index contributed by atoms with van der Waals surface area (Å²) < 4.78 is 22.9. The number of halogens is 1. The van der Waals surface area contributed by atoms with Crippen LogP contribution in [0.5, 0.6) is 0 Å². The molecule has 3 N–H and O–H groups in total. The van der Waals surface area contributed by atoms with Crippen molar-refractivity contribution >= 4 is 39.9 Å². The van der Waals surface area contributed by atoms with Gasteiger partial charge in [0, 0.05) is 17.2 Å². The molecule has 0 saturated heterocycles. The molecule has 114 valence electrons. The summed E-state index contributed by atoms with van der Waals surface area (Å²) in [5.74, 6) is 0.836. The summed E-state index contributed by atoms with van der Waals surface area (Å²) in [4.78, 5) is 1.32. The summed E-state index contributed by atoms with van der Waals surface area (Å²) in [5.41, 5.74) is 0.545. The Morgan fingerprint density at radius 1 is 1.00 bits per heavy atom. The Labute approximate surface area is 135 Å². The fraction of sp³-hybridized carbons (Fsp3) is 0.143. The van der Waals surface area contributed by atoms with E-state index in [9.17, 15) is 8.42 Å². The van der Waals surface area contributed by atoms with E-state index in [4.69, 9.17) is 5.14 Å². The molecule has 0 fully saturated rings. The van der Waals surface area contributed by atoms with Crippen molar-refractivity contribution in [2.24, 2.45) is 5.14 Å².